The fourth-order valence-corrected chi connectivity index (χ4v) is 2.94. The van der Waals surface area contributed by atoms with Crippen LogP contribution in [-0.2, 0) is 6.54 Å². The molecule has 0 aromatic heterocycles. The molecule has 3 rings (SSSR count). The fourth-order valence-electron chi connectivity index (χ4n) is 2.94. The first-order chi connectivity index (χ1) is 11.1. The number of carbonyl (C=O) groups excluding carboxylic acids is 1. The second kappa shape index (κ2) is 6.92. The second-order valence-corrected chi connectivity index (χ2v) is 6.01. The molecule has 0 spiro atoms. The molecule has 120 valence electrons. The zero-order valence-electron chi connectivity index (χ0n) is 13.3. The van der Waals surface area contributed by atoms with Crippen molar-refractivity contribution in [3.8, 4) is 0 Å². The molecular formula is C19H21FN2O. The standard InChI is InChI=1S/C19H21FN2O/c1-15-4-2-3-5-18(15)19(23)22-12-10-21(11-13-22)14-16-6-8-17(20)9-7-16/h2-9H,10-14H2,1H3. The highest BCUT2D eigenvalue weighted by atomic mass is 19.1. The molecule has 4 heteroatoms. The third-order valence-corrected chi connectivity index (χ3v) is 4.35. The number of carbonyl (C=O) groups is 1. The van der Waals surface area contributed by atoms with E-state index in [9.17, 15) is 9.18 Å². The lowest BCUT2D eigenvalue weighted by Crippen LogP contribution is -2.48. The van der Waals surface area contributed by atoms with E-state index in [0.717, 1.165) is 49.4 Å². The third-order valence-electron chi connectivity index (χ3n) is 4.35. The monoisotopic (exact) mass is 312 g/mol. The molecule has 0 N–H and O–H groups in total. The van der Waals surface area contributed by atoms with E-state index in [1.54, 1.807) is 0 Å². The summed E-state index contributed by atoms with van der Waals surface area (Å²) in [5.41, 5.74) is 2.91. The number of hydrogen-bond donors (Lipinski definition) is 0. The van der Waals surface area contributed by atoms with Crippen LogP contribution in [-0.4, -0.2) is 41.9 Å². The summed E-state index contributed by atoms with van der Waals surface area (Å²) < 4.78 is 12.9. The van der Waals surface area contributed by atoms with Crippen molar-refractivity contribution in [2.24, 2.45) is 0 Å². The van der Waals surface area contributed by atoms with Crippen LogP contribution in [0.3, 0.4) is 0 Å². The Hall–Kier alpha value is -2.20. The van der Waals surface area contributed by atoms with Gasteiger partial charge in [-0.15, -0.1) is 0 Å². The summed E-state index contributed by atoms with van der Waals surface area (Å²) in [6.45, 7) is 5.91. The summed E-state index contributed by atoms with van der Waals surface area (Å²) in [5.74, 6) is -0.0908. The Morgan fingerprint density at radius 3 is 2.30 bits per heavy atom. The normalized spacial score (nSPS) is 15.7. The highest BCUT2D eigenvalue weighted by Crippen LogP contribution is 2.14. The molecule has 1 saturated heterocycles. The summed E-state index contributed by atoms with van der Waals surface area (Å²) in [5, 5.41) is 0. The van der Waals surface area contributed by atoms with E-state index in [0.29, 0.717) is 0 Å². The molecule has 23 heavy (non-hydrogen) atoms. The zero-order chi connectivity index (χ0) is 16.2. The van der Waals surface area contributed by atoms with Crippen LogP contribution in [0.4, 0.5) is 4.39 Å². The molecule has 0 bridgehead atoms. The Labute approximate surface area is 136 Å². The van der Waals surface area contributed by atoms with Crippen LogP contribution < -0.4 is 0 Å². The van der Waals surface area contributed by atoms with Gasteiger partial charge in [0.05, 0.1) is 0 Å². The highest BCUT2D eigenvalue weighted by molar-refractivity contribution is 5.95. The number of piperazine rings is 1. The van der Waals surface area contributed by atoms with Gasteiger partial charge in [-0.3, -0.25) is 9.69 Å². The van der Waals surface area contributed by atoms with Gasteiger partial charge in [0.1, 0.15) is 5.82 Å². The Morgan fingerprint density at radius 1 is 1.00 bits per heavy atom. The molecule has 1 fully saturated rings. The molecule has 2 aromatic rings. The van der Waals surface area contributed by atoms with Crippen molar-refractivity contribution < 1.29 is 9.18 Å². The van der Waals surface area contributed by atoms with Gasteiger partial charge in [-0.25, -0.2) is 4.39 Å². The molecule has 0 aliphatic carbocycles. The van der Waals surface area contributed by atoms with Crippen LogP contribution in [0.5, 0.6) is 0 Å². The zero-order valence-corrected chi connectivity index (χ0v) is 13.3. The molecule has 0 saturated carbocycles. The second-order valence-electron chi connectivity index (χ2n) is 6.01. The first-order valence-electron chi connectivity index (χ1n) is 7.95. The minimum absolute atomic E-state index is 0.115. The summed E-state index contributed by atoms with van der Waals surface area (Å²) in [6, 6.07) is 14.3. The number of amides is 1. The van der Waals surface area contributed by atoms with Crippen molar-refractivity contribution in [2.75, 3.05) is 26.2 Å². The molecule has 2 aromatic carbocycles. The van der Waals surface area contributed by atoms with Gasteiger partial charge in [-0.05, 0) is 36.2 Å². The average molecular weight is 312 g/mol. The van der Waals surface area contributed by atoms with E-state index in [-0.39, 0.29) is 11.7 Å². The lowest BCUT2D eigenvalue weighted by molar-refractivity contribution is 0.0627. The van der Waals surface area contributed by atoms with Crippen molar-refractivity contribution in [3.63, 3.8) is 0 Å². The molecule has 1 amide bonds. The van der Waals surface area contributed by atoms with Crippen molar-refractivity contribution in [1.29, 1.82) is 0 Å². The van der Waals surface area contributed by atoms with E-state index in [1.807, 2.05) is 48.2 Å². The van der Waals surface area contributed by atoms with Crippen molar-refractivity contribution >= 4 is 5.91 Å². The molecule has 1 heterocycles. The SMILES string of the molecule is Cc1ccccc1C(=O)N1CCN(Cc2ccc(F)cc2)CC1. The minimum Gasteiger partial charge on any atom is -0.336 e. The van der Waals surface area contributed by atoms with Crippen molar-refractivity contribution in [2.45, 2.75) is 13.5 Å². The first kappa shape index (κ1) is 15.7. The van der Waals surface area contributed by atoms with E-state index >= 15 is 0 Å². The van der Waals surface area contributed by atoms with Gasteiger partial charge in [-0.2, -0.15) is 0 Å². The summed E-state index contributed by atoms with van der Waals surface area (Å²) in [7, 11) is 0. The van der Waals surface area contributed by atoms with E-state index in [1.165, 1.54) is 12.1 Å². The highest BCUT2D eigenvalue weighted by Gasteiger charge is 2.22. The van der Waals surface area contributed by atoms with Gasteiger partial charge in [-0.1, -0.05) is 30.3 Å². The number of nitrogens with zero attached hydrogens (tertiary/aromatic N) is 2. The smallest absolute Gasteiger partial charge is 0.254 e. The van der Waals surface area contributed by atoms with Crippen LogP contribution >= 0.6 is 0 Å². The maximum atomic E-state index is 12.9. The van der Waals surface area contributed by atoms with Crippen LogP contribution in [0.25, 0.3) is 0 Å². The minimum atomic E-state index is -0.206. The molecule has 1 aliphatic rings. The predicted octanol–water partition coefficient (Wildman–Crippen LogP) is 3.09. The topological polar surface area (TPSA) is 23.6 Å². The first-order valence-corrected chi connectivity index (χ1v) is 7.95. The molecule has 3 nitrogen and oxygen atoms in total. The van der Waals surface area contributed by atoms with Gasteiger partial charge in [0.15, 0.2) is 0 Å². The maximum absolute atomic E-state index is 12.9. The van der Waals surface area contributed by atoms with Crippen LogP contribution in [0.1, 0.15) is 21.5 Å². The van der Waals surface area contributed by atoms with Gasteiger partial charge in [0, 0.05) is 38.3 Å². The molecule has 1 aliphatic heterocycles. The van der Waals surface area contributed by atoms with Gasteiger partial charge in [0.25, 0.3) is 5.91 Å². The largest absolute Gasteiger partial charge is 0.336 e. The summed E-state index contributed by atoms with van der Waals surface area (Å²) >= 11 is 0. The van der Waals surface area contributed by atoms with Crippen molar-refractivity contribution in [1.82, 2.24) is 9.80 Å². The summed E-state index contributed by atoms with van der Waals surface area (Å²) in [6.07, 6.45) is 0. The fraction of sp³-hybridized carbons (Fsp3) is 0.316. The predicted molar refractivity (Wildman–Crippen MR) is 88.8 cm³/mol. The van der Waals surface area contributed by atoms with Crippen LogP contribution in [0.15, 0.2) is 48.5 Å². The van der Waals surface area contributed by atoms with Crippen LogP contribution in [0.2, 0.25) is 0 Å². The quantitative estimate of drug-likeness (QED) is 0.869. The molecular weight excluding hydrogens is 291 g/mol. The molecule has 0 unspecified atom stereocenters. The van der Waals surface area contributed by atoms with Gasteiger partial charge < -0.3 is 4.90 Å². The number of hydrogen-bond acceptors (Lipinski definition) is 2. The number of aryl methyl sites for hydroxylation is 1. The van der Waals surface area contributed by atoms with Crippen LogP contribution in [0, 0.1) is 12.7 Å². The number of rotatable bonds is 3. The molecule has 0 radical (unpaired) electrons. The summed E-state index contributed by atoms with van der Waals surface area (Å²) in [4.78, 5) is 16.8. The van der Waals surface area contributed by atoms with E-state index in [4.69, 9.17) is 0 Å². The Balaban J connectivity index is 1.57. The number of benzene rings is 2. The Morgan fingerprint density at radius 2 is 1.65 bits per heavy atom. The maximum Gasteiger partial charge on any atom is 0.254 e. The third kappa shape index (κ3) is 3.77. The number of halogens is 1. The lowest BCUT2D eigenvalue weighted by atomic mass is 10.1. The Bertz CT molecular complexity index is 676. The average Bonchev–Trinajstić information content (AvgIpc) is 2.57. The van der Waals surface area contributed by atoms with E-state index < -0.39 is 0 Å². The Kier molecular flexibility index (Phi) is 4.72. The molecule has 0 atom stereocenters. The van der Waals surface area contributed by atoms with Gasteiger partial charge in [0.2, 0.25) is 0 Å². The van der Waals surface area contributed by atoms with E-state index in [2.05, 4.69) is 4.90 Å². The van der Waals surface area contributed by atoms with Gasteiger partial charge >= 0.3 is 0 Å². The van der Waals surface area contributed by atoms with Crippen molar-refractivity contribution in [3.05, 3.63) is 71.0 Å². The lowest BCUT2D eigenvalue weighted by Gasteiger charge is -2.35.